The Kier molecular flexibility index (Phi) is 6.25. The van der Waals surface area contributed by atoms with Crippen LogP contribution in [0.2, 0.25) is 0 Å². The second kappa shape index (κ2) is 8.41. The number of benzene rings is 1. The summed E-state index contributed by atoms with van der Waals surface area (Å²) >= 11 is 0. The summed E-state index contributed by atoms with van der Waals surface area (Å²) in [5.41, 5.74) is 0.514. The van der Waals surface area contributed by atoms with Crippen molar-refractivity contribution in [2.24, 2.45) is 5.92 Å². The molecule has 1 saturated carbocycles. The molecule has 0 unspecified atom stereocenters. The van der Waals surface area contributed by atoms with Gasteiger partial charge >= 0.3 is 11.8 Å². The van der Waals surface area contributed by atoms with E-state index >= 15 is 0 Å². The van der Waals surface area contributed by atoms with Crippen LogP contribution in [0.3, 0.4) is 0 Å². The maximum absolute atomic E-state index is 11.9. The normalized spacial score (nSPS) is 14.6. The molecule has 2 amide bonds. The molecule has 0 aliphatic heterocycles. The minimum atomic E-state index is -0.654. The SMILES string of the molecule is CCOc1ccccc1NC(=O)C(=O)NCCC1CCCC1. The number of anilines is 1. The van der Waals surface area contributed by atoms with E-state index < -0.39 is 11.8 Å². The summed E-state index contributed by atoms with van der Waals surface area (Å²) in [6, 6.07) is 7.09. The number of amides is 2. The Morgan fingerprint density at radius 3 is 2.64 bits per heavy atom. The zero-order valence-corrected chi connectivity index (χ0v) is 13.1. The summed E-state index contributed by atoms with van der Waals surface area (Å²) in [5.74, 6) is 0.0158. The molecule has 0 bridgehead atoms. The lowest BCUT2D eigenvalue weighted by atomic mass is 10.0. The molecule has 0 radical (unpaired) electrons. The summed E-state index contributed by atoms with van der Waals surface area (Å²) in [4.78, 5) is 23.7. The molecule has 0 heterocycles. The molecule has 1 aromatic carbocycles. The summed E-state index contributed by atoms with van der Waals surface area (Å²) in [5, 5.41) is 5.29. The molecule has 1 aliphatic carbocycles. The van der Waals surface area contributed by atoms with E-state index in [4.69, 9.17) is 4.74 Å². The predicted octanol–water partition coefficient (Wildman–Crippen LogP) is 2.72. The summed E-state index contributed by atoms with van der Waals surface area (Å²) in [6.07, 6.45) is 6.00. The molecule has 0 spiro atoms. The van der Waals surface area contributed by atoms with Crippen LogP contribution in [0.4, 0.5) is 5.69 Å². The monoisotopic (exact) mass is 304 g/mol. The molecule has 5 heteroatoms. The number of hydrogen-bond acceptors (Lipinski definition) is 3. The minimum absolute atomic E-state index is 0.500. The number of ether oxygens (including phenoxy) is 1. The van der Waals surface area contributed by atoms with Crippen LogP contribution in [-0.4, -0.2) is 25.0 Å². The minimum Gasteiger partial charge on any atom is -0.492 e. The molecule has 120 valence electrons. The maximum Gasteiger partial charge on any atom is 0.313 e. The highest BCUT2D eigenvalue weighted by Crippen LogP contribution is 2.27. The first-order valence-corrected chi connectivity index (χ1v) is 8.01. The van der Waals surface area contributed by atoms with Crippen LogP contribution in [-0.2, 0) is 9.59 Å². The molecular formula is C17H24N2O3. The van der Waals surface area contributed by atoms with E-state index in [1.807, 2.05) is 13.0 Å². The van der Waals surface area contributed by atoms with Crippen molar-refractivity contribution in [2.45, 2.75) is 39.0 Å². The Morgan fingerprint density at radius 1 is 1.18 bits per heavy atom. The van der Waals surface area contributed by atoms with Gasteiger partial charge in [0.15, 0.2) is 0 Å². The topological polar surface area (TPSA) is 67.4 Å². The van der Waals surface area contributed by atoms with Gasteiger partial charge in [-0.15, -0.1) is 0 Å². The molecule has 5 nitrogen and oxygen atoms in total. The van der Waals surface area contributed by atoms with Crippen LogP contribution in [0.25, 0.3) is 0 Å². The van der Waals surface area contributed by atoms with Crippen molar-refractivity contribution in [3.8, 4) is 5.75 Å². The van der Waals surface area contributed by atoms with Gasteiger partial charge in [-0.25, -0.2) is 0 Å². The van der Waals surface area contributed by atoms with Gasteiger partial charge < -0.3 is 15.4 Å². The Labute approximate surface area is 131 Å². The molecule has 1 aliphatic rings. The second-order valence-electron chi connectivity index (χ2n) is 5.58. The van der Waals surface area contributed by atoms with Crippen LogP contribution >= 0.6 is 0 Å². The fraction of sp³-hybridized carbons (Fsp3) is 0.529. The highest BCUT2D eigenvalue weighted by molar-refractivity contribution is 6.39. The lowest BCUT2D eigenvalue weighted by molar-refractivity contribution is -0.136. The lowest BCUT2D eigenvalue weighted by Crippen LogP contribution is -2.36. The quantitative estimate of drug-likeness (QED) is 0.794. The summed E-state index contributed by atoms with van der Waals surface area (Å²) in [7, 11) is 0. The van der Waals surface area contributed by atoms with Crippen molar-refractivity contribution in [1.82, 2.24) is 5.32 Å². The molecule has 0 saturated heterocycles. The molecule has 2 rings (SSSR count). The highest BCUT2D eigenvalue weighted by Gasteiger charge is 2.18. The Balaban J connectivity index is 1.79. The van der Waals surface area contributed by atoms with Crippen LogP contribution in [0.15, 0.2) is 24.3 Å². The van der Waals surface area contributed by atoms with E-state index in [9.17, 15) is 9.59 Å². The molecule has 1 fully saturated rings. The Hall–Kier alpha value is -2.04. The Morgan fingerprint density at radius 2 is 1.91 bits per heavy atom. The van der Waals surface area contributed by atoms with E-state index in [1.54, 1.807) is 18.2 Å². The Bertz CT molecular complexity index is 510. The number of carbonyl (C=O) groups excluding carboxylic acids is 2. The second-order valence-corrected chi connectivity index (χ2v) is 5.58. The van der Waals surface area contributed by atoms with E-state index in [0.717, 1.165) is 6.42 Å². The van der Waals surface area contributed by atoms with Gasteiger partial charge in [-0.05, 0) is 31.4 Å². The third-order valence-electron chi connectivity index (χ3n) is 3.95. The standard InChI is InChI=1S/C17H24N2O3/c1-2-22-15-10-6-5-9-14(15)19-17(21)16(20)18-12-11-13-7-3-4-8-13/h5-6,9-10,13H,2-4,7-8,11-12H2,1H3,(H,18,20)(H,19,21). The van der Waals surface area contributed by atoms with Gasteiger partial charge in [-0.3, -0.25) is 9.59 Å². The zero-order valence-electron chi connectivity index (χ0n) is 13.1. The first-order chi connectivity index (χ1) is 10.7. The van der Waals surface area contributed by atoms with E-state index in [-0.39, 0.29) is 0 Å². The van der Waals surface area contributed by atoms with Gasteiger partial charge in [-0.2, -0.15) is 0 Å². The number of nitrogens with one attached hydrogen (secondary N) is 2. The number of hydrogen-bond donors (Lipinski definition) is 2. The van der Waals surface area contributed by atoms with E-state index in [0.29, 0.717) is 30.5 Å². The van der Waals surface area contributed by atoms with Gasteiger partial charge in [0.25, 0.3) is 0 Å². The maximum atomic E-state index is 11.9. The fourth-order valence-electron chi connectivity index (χ4n) is 2.80. The van der Waals surface area contributed by atoms with E-state index in [1.165, 1.54) is 25.7 Å². The smallest absolute Gasteiger partial charge is 0.313 e. The number of rotatable bonds is 6. The van der Waals surface area contributed by atoms with Crippen molar-refractivity contribution >= 4 is 17.5 Å². The van der Waals surface area contributed by atoms with Gasteiger partial charge in [0.2, 0.25) is 0 Å². The molecular weight excluding hydrogens is 280 g/mol. The van der Waals surface area contributed by atoms with Crippen LogP contribution in [0.1, 0.15) is 39.0 Å². The molecule has 2 N–H and O–H groups in total. The summed E-state index contributed by atoms with van der Waals surface area (Å²) < 4.78 is 5.42. The predicted molar refractivity (Wildman–Crippen MR) is 85.8 cm³/mol. The number of para-hydroxylation sites is 2. The van der Waals surface area contributed by atoms with Crippen molar-refractivity contribution < 1.29 is 14.3 Å². The van der Waals surface area contributed by atoms with Gasteiger partial charge in [-0.1, -0.05) is 37.8 Å². The average molecular weight is 304 g/mol. The van der Waals surface area contributed by atoms with Gasteiger partial charge in [0.05, 0.1) is 12.3 Å². The largest absolute Gasteiger partial charge is 0.492 e. The van der Waals surface area contributed by atoms with Gasteiger partial charge in [0.1, 0.15) is 5.75 Å². The first kappa shape index (κ1) is 16.3. The lowest BCUT2D eigenvalue weighted by Gasteiger charge is -2.12. The molecule has 0 aromatic heterocycles. The van der Waals surface area contributed by atoms with E-state index in [2.05, 4.69) is 10.6 Å². The van der Waals surface area contributed by atoms with Crippen molar-refractivity contribution in [3.05, 3.63) is 24.3 Å². The van der Waals surface area contributed by atoms with Crippen LogP contribution in [0.5, 0.6) is 5.75 Å². The number of carbonyl (C=O) groups is 2. The average Bonchev–Trinajstić information content (AvgIpc) is 3.02. The van der Waals surface area contributed by atoms with Crippen molar-refractivity contribution in [1.29, 1.82) is 0 Å². The third-order valence-corrected chi connectivity index (χ3v) is 3.95. The third kappa shape index (κ3) is 4.76. The molecule has 1 aromatic rings. The summed E-state index contributed by atoms with van der Waals surface area (Å²) in [6.45, 7) is 2.93. The first-order valence-electron chi connectivity index (χ1n) is 8.01. The van der Waals surface area contributed by atoms with Crippen LogP contribution in [0, 0.1) is 5.92 Å². The van der Waals surface area contributed by atoms with Gasteiger partial charge in [0, 0.05) is 6.54 Å². The highest BCUT2D eigenvalue weighted by atomic mass is 16.5. The van der Waals surface area contributed by atoms with Crippen molar-refractivity contribution in [3.63, 3.8) is 0 Å². The molecule has 0 atom stereocenters. The molecule has 22 heavy (non-hydrogen) atoms. The zero-order chi connectivity index (χ0) is 15.8. The van der Waals surface area contributed by atoms with Crippen molar-refractivity contribution in [2.75, 3.05) is 18.5 Å². The van der Waals surface area contributed by atoms with Crippen LogP contribution < -0.4 is 15.4 Å². The fourth-order valence-corrected chi connectivity index (χ4v) is 2.80.